The smallest absolute Gasteiger partial charge is 0.321 e. The molecule has 0 bridgehead atoms. The Hall–Kier alpha value is -1.58. The largest absolute Gasteiger partial charge is 0.341 e. The van der Waals surface area contributed by atoms with Gasteiger partial charge in [0.1, 0.15) is 0 Å². The van der Waals surface area contributed by atoms with E-state index in [2.05, 4.69) is 23.8 Å². The lowest BCUT2D eigenvalue weighted by atomic mass is 10.0. The number of carbonyl (C=O) groups is 2. The van der Waals surface area contributed by atoms with Gasteiger partial charge in [0, 0.05) is 13.0 Å². The highest BCUT2D eigenvalue weighted by Gasteiger charge is 2.16. The summed E-state index contributed by atoms with van der Waals surface area (Å²) in [6, 6.07) is -0.492. The molecule has 0 aromatic rings. The highest BCUT2D eigenvalue weighted by Crippen LogP contribution is 2.09. The molecule has 0 heterocycles. The van der Waals surface area contributed by atoms with Crippen LogP contribution in [0.4, 0.5) is 4.79 Å². The summed E-state index contributed by atoms with van der Waals surface area (Å²) in [5.41, 5.74) is 0. The predicted molar refractivity (Wildman–Crippen MR) is 55.7 cm³/mol. The molecule has 0 rings (SSSR count). The van der Waals surface area contributed by atoms with Crippen molar-refractivity contribution in [2.24, 2.45) is 5.92 Å². The molecule has 0 fully saturated rings. The second kappa shape index (κ2) is 6.88. The third-order valence-electron chi connectivity index (χ3n) is 1.74. The molecule has 14 heavy (non-hydrogen) atoms. The van der Waals surface area contributed by atoms with Gasteiger partial charge in [-0.2, -0.15) is 0 Å². The standard InChI is InChI=1S/C10H16N2O2/c1-4-6-8(7-5-2)9(13)12-10(14)11-3/h4-5,8H,1-2,6-7H2,3H3,(H2,11,12,13,14). The molecule has 2 N–H and O–H groups in total. The summed E-state index contributed by atoms with van der Waals surface area (Å²) in [5, 5.41) is 4.53. The Balaban J connectivity index is 4.19. The maximum Gasteiger partial charge on any atom is 0.321 e. The van der Waals surface area contributed by atoms with Gasteiger partial charge in [-0.15, -0.1) is 13.2 Å². The van der Waals surface area contributed by atoms with Crippen LogP contribution in [0.2, 0.25) is 0 Å². The number of amides is 3. The molecule has 0 saturated carbocycles. The summed E-state index contributed by atoms with van der Waals surface area (Å²) in [4.78, 5) is 22.3. The minimum Gasteiger partial charge on any atom is -0.341 e. The van der Waals surface area contributed by atoms with Crippen LogP contribution in [-0.2, 0) is 4.79 Å². The Morgan fingerprint density at radius 1 is 1.29 bits per heavy atom. The number of hydrogen-bond donors (Lipinski definition) is 2. The van der Waals surface area contributed by atoms with E-state index < -0.39 is 6.03 Å². The Morgan fingerprint density at radius 2 is 1.79 bits per heavy atom. The molecule has 0 aromatic heterocycles. The van der Waals surface area contributed by atoms with Crippen molar-refractivity contribution in [3.8, 4) is 0 Å². The van der Waals surface area contributed by atoms with Crippen molar-refractivity contribution < 1.29 is 9.59 Å². The first-order chi connectivity index (χ1) is 6.65. The maximum atomic E-state index is 11.4. The van der Waals surface area contributed by atoms with Crippen LogP contribution in [0.15, 0.2) is 25.3 Å². The average Bonchev–Trinajstić information content (AvgIpc) is 2.17. The van der Waals surface area contributed by atoms with E-state index in [1.807, 2.05) is 0 Å². The van der Waals surface area contributed by atoms with Gasteiger partial charge in [0.25, 0.3) is 0 Å². The molecular weight excluding hydrogens is 180 g/mol. The maximum absolute atomic E-state index is 11.4. The first-order valence-corrected chi connectivity index (χ1v) is 4.40. The first kappa shape index (κ1) is 12.4. The van der Waals surface area contributed by atoms with E-state index in [9.17, 15) is 9.59 Å². The van der Waals surface area contributed by atoms with Crippen molar-refractivity contribution >= 4 is 11.9 Å². The summed E-state index contributed by atoms with van der Waals surface area (Å²) in [6.07, 6.45) is 4.37. The Morgan fingerprint density at radius 3 is 2.14 bits per heavy atom. The molecule has 0 atom stereocenters. The molecule has 0 aliphatic carbocycles. The fraction of sp³-hybridized carbons (Fsp3) is 0.400. The molecule has 0 aliphatic rings. The van der Waals surface area contributed by atoms with Crippen LogP contribution >= 0.6 is 0 Å². The van der Waals surface area contributed by atoms with Crippen LogP contribution in [0.3, 0.4) is 0 Å². The van der Waals surface area contributed by atoms with Crippen molar-refractivity contribution in [2.45, 2.75) is 12.8 Å². The van der Waals surface area contributed by atoms with Gasteiger partial charge in [-0.05, 0) is 12.8 Å². The van der Waals surface area contributed by atoms with Gasteiger partial charge in [-0.3, -0.25) is 10.1 Å². The molecule has 0 radical (unpaired) electrons. The number of imide groups is 1. The molecule has 3 amide bonds. The lowest BCUT2D eigenvalue weighted by Gasteiger charge is -2.11. The number of rotatable bonds is 5. The fourth-order valence-corrected chi connectivity index (χ4v) is 0.989. The second-order valence-electron chi connectivity index (χ2n) is 2.81. The quantitative estimate of drug-likeness (QED) is 0.649. The lowest BCUT2D eigenvalue weighted by Crippen LogP contribution is -2.40. The van der Waals surface area contributed by atoms with Gasteiger partial charge in [0.15, 0.2) is 0 Å². The van der Waals surface area contributed by atoms with Crippen molar-refractivity contribution in [1.29, 1.82) is 0 Å². The molecular formula is C10H16N2O2. The zero-order valence-electron chi connectivity index (χ0n) is 8.38. The lowest BCUT2D eigenvalue weighted by molar-refractivity contribution is -0.123. The number of urea groups is 1. The number of allylic oxidation sites excluding steroid dienone is 2. The van der Waals surface area contributed by atoms with E-state index in [1.54, 1.807) is 12.2 Å². The number of hydrogen-bond acceptors (Lipinski definition) is 2. The van der Waals surface area contributed by atoms with Crippen LogP contribution in [0.5, 0.6) is 0 Å². The van der Waals surface area contributed by atoms with Crippen molar-refractivity contribution in [3.63, 3.8) is 0 Å². The highest BCUT2D eigenvalue weighted by atomic mass is 16.2. The van der Waals surface area contributed by atoms with E-state index in [-0.39, 0.29) is 11.8 Å². The van der Waals surface area contributed by atoms with Gasteiger partial charge >= 0.3 is 6.03 Å². The minimum atomic E-state index is -0.492. The van der Waals surface area contributed by atoms with E-state index >= 15 is 0 Å². The third kappa shape index (κ3) is 4.45. The van der Waals surface area contributed by atoms with Crippen molar-refractivity contribution in [2.75, 3.05) is 7.05 Å². The van der Waals surface area contributed by atoms with E-state index in [0.717, 1.165) is 0 Å². The third-order valence-corrected chi connectivity index (χ3v) is 1.74. The normalized spacial score (nSPS) is 9.29. The molecule has 0 aliphatic heterocycles. The summed E-state index contributed by atoms with van der Waals surface area (Å²) in [7, 11) is 1.46. The summed E-state index contributed by atoms with van der Waals surface area (Å²) in [5.74, 6) is -0.563. The number of nitrogens with one attached hydrogen (secondary N) is 2. The van der Waals surface area contributed by atoms with Gasteiger partial charge in [-0.25, -0.2) is 4.79 Å². The monoisotopic (exact) mass is 196 g/mol. The fourth-order valence-electron chi connectivity index (χ4n) is 0.989. The zero-order valence-corrected chi connectivity index (χ0v) is 8.38. The number of carbonyl (C=O) groups excluding carboxylic acids is 2. The zero-order chi connectivity index (χ0) is 11.0. The summed E-state index contributed by atoms with van der Waals surface area (Å²) >= 11 is 0. The Labute approximate surface area is 84.1 Å². The topological polar surface area (TPSA) is 58.2 Å². The Bertz CT molecular complexity index is 226. The predicted octanol–water partition coefficient (Wildman–Crippen LogP) is 1.21. The van der Waals surface area contributed by atoms with Gasteiger partial charge < -0.3 is 5.32 Å². The van der Waals surface area contributed by atoms with Crippen LogP contribution < -0.4 is 10.6 Å². The van der Waals surface area contributed by atoms with Crippen molar-refractivity contribution in [3.05, 3.63) is 25.3 Å². The molecule has 0 spiro atoms. The van der Waals surface area contributed by atoms with Gasteiger partial charge in [0.2, 0.25) is 5.91 Å². The Kier molecular flexibility index (Phi) is 6.11. The van der Waals surface area contributed by atoms with E-state index in [0.29, 0.717) is 12.8 Å². The molecule has 4 nitrogen and oxygen atoms in total. The van der Waals surface area contributed by atoms with Crippen LogP contribution in [-0.4, -0.2) is 19.0 Å². The molecule has 4 heteroatoms. The van der Waals surface area contributed by atoms with E-state index in [1.165, 1.54) is 7.05 Å². The van der Waals surface area contributed by atoms with Crippen LogP contribution in [0.1, 0.15) is 12.8 Å². The van der Waals surface area contributed by atoms with Gasteiger partial charge in [-0.1, -0.05) is 12.2 Å². The average molecular weight is 196 g/mol. The molecule has 0 unspecified atom stereocenters. The van der Waals surface area contributed by atoms with E-state index in [4.69, 9.17) is 0 Å². The molecule has 78 valence electrons. The molecule has 0 saturated heterocycles. The summed E-state index contributed by atoms with van der Waals surface area (Å²) in [6.45, 7) is 7.10. The summed E-state index contributed by atoms with van der Waals surface area (Å²) < 4.78 is 0. The highest BCUT2D eigenvalue weighted by molar-refractivity contribution is 5.95. The van der Waals surface area contributed by atoms with Crippen molar-refractivity contribution in [1.82, 2.24) is 10.6 Å². The first-order valence-electron chi connectivity index (χ1n) is 4.40. The SMILES string of the molecule is C=CCC(CC=C)C(=O)NC(=O)NC. The molecule has 0 aromatic carbocycles. The second-order valence-corrected chi connectivity index (χ2v) is 2.81. The van der Waals surface area contributed by atoms with Gasteiger partial charge in [0.05, 0.1) is 0 Å². The van der Waals surface area contributed by atoms with Crippen LogP contribution in [0.25, 0.3) is 0 Å². The van der Waals surface area contributed by atoms with Crippen LogP contribution in [0, 0.1) is 5.92 Å². The minimum absolute atomic E-state index is 0.262.